The Labute approximate surface area is 99.1 Å². The van der Waals surface area contributed by atoms with Crippen LogP contribution < -0.4 is 0 Å². The van der Waals surface area contributed by atoms with Crippen molar-refractivity contribution in [1.29, 1.82) is 0 Å². The van der Waals surface area contributed by atoms with Gasteiger partial charge >= 0.3 is 0 Å². The third kappa shape index (κ3) is 4.32. The Bertz CT molecular complexity index is 344. The van der Waals surface area contributed by atoms with Gasteiger partial charge in [-0.3, -0.25) is 9.36 Å². The number of halogens is 1. The highest BCUT2D eigenvalue weighted by Gasteiger charge is 2.37. The lowest BCUT2D eigenvalue weighted by molar-refractivity contribution is -0.0385. The van der Waals surface area contributed by atoms with E-state index in [4.69, 9.17) is 14.4 Å². The molecule has 5 nitrogen and oxygen atoms in total. The number of rotatable bonds is 5. The van der Waals surface area contributed by atoms with Gasteiger partial charge in [-0.1, -0.05) is 0 Å². The molecule has 0 aliphatic carbocycles. The first kappa shape index (κ1) is 14.5. The van der Waals surface area contributed by atoms with Gasteiger partial charge in [-0.05, 0) is 19.9 Å². The maximum atomic E-state index is 13.4. The molecule has 1 N–H and O–H groups in total. The van der Waals surface area contributed by atoms with Crippen LogP contribution >= 0.6 is 7.37 Å². The number of hydrogen-bond donors (Lipinski definition) is 1. The van der Waals surface area contributed by atoms with Crippen LogP contribution in [0.1, 0.15) is 13.8 Å². The van der Waals surface area contributed by atoms with E-state index in [1.165, 1.54) is 6.08 Å². The van der Waals surface area contributed by atoms with Crippen molar-refractivity contribution in [2.75, 3.05) is 6.61 Å². The second-order valence-electron chi connectivity index (χ2n) is 4.08. The predicted octanol–water partition coefficient (Wildman–Crippen LogP) is 1.49. The van der Waals surface area contributed by atoms with Crippen LogP contribution in [0, 0.1) is 0 Å². The second-order valence-corrected chi connectivity index (χ2v) is 5.94. The molecule has 1 saturated heterocycles. The van der Waals surface area contributed by atoms with E-state index >= 15 is 0 Å². The van der Waals surface area contributed by atoms with Gasteiger partial charge in [-0.2, -0.15) is 0 Å². The maximum Gasteiger partial charge on any atom is 0.283 e. The molecule has 0 bridgehead atoms. The molecule has 1 rings (SSSR count). The summed E-state index contributed by atoms with van der Waals surface area (Å²) in [5.41, 5.74) is 0. The van der Waals surface area contributed by atoms with Gasteiger partial charge in [0.25, 0.3) is 7.37 Å². The molecule has 4 atom stereocenters. The van der Waals surface area contributed by atoms with Crippen LogP contribution in [0.2, 0.25) is 0 Å². The summed E-state index contributed by atoms with van der Waals surface area (Å²) in [6.07, 6.45) is -1.79. The molecule has 0 saturated carbocycles. The van der Waals surface area contributed by atoms with Crippen LogP contribution in [-0.2, 0) is 18.8 Å². The highest BCUT2D eigenvalue weighted by atomic mass is 31.2. The van der Waals surface area contributed by atoms with Gasteiger partial charge in [0.05, 0.1) is 12.7 Å². The lowest BCUT2D eigenvalue weighted by atomic mass is 10.1. The Balaban J connectivity index is 2.70. The predicted molar refractivity (Wildman–Crippen MR) is 60.4 cm³/mol. The minimum atomic E-state index is -3.93. The topological polar surface area (TPSA) is 72.8 Å². The molecule has 1 aliphatic rings. The van der Waals surface area contributed by atoms with Crippen molar-refractivity contribution in [3.8, 4) is 0 Å². The third-order valence-electron chi connectivity index (χ3n) is 2.20. The molecular formula is C10H16FO5P. The summed E-state index contributed by atoms with van der Waals surface area (Å²) in [6.45, 7) is 3.39. The van der Waals surface area contributed by atoms with Crippen LogP contribution in [0.3, 0.4) is 0 Å². The van der Waals surface area contributed by atoms with Crippen LogP contribution in [0.15, 0.2) is 11.9 Å². The average molecular weight is 266 g/mol. The largest absolute Gasteiger partial charge is 0.369 e. The van der Waals surface area contributed by atoms with Crippen molar-refractivity contribution in [2.24, 2.45) is 0 Å². The fourth-order valence-corrected chi connectivity index (χ4v) is 1.97. The lowest BCUT2D eigenvalue weighted by Gasteiger charge is -2.20. The number of carbonyl (C=O) groups is 1. The lowest BCUT2D eigenvalue weighted by Crippen LogP contribution is -2.32. The van der Waals surface area contributed by atoms with Gasteiger partial charge in [-0.25, -0.2) is 4.39 Å². The molecule has 0 aromatic rings. The zero-order valence-electron chi connectivity index (χ0n) is 9.65. The van der Waals surface area contributed by atoms with E-state index < -0.39 is 25.7 Å². The van der Waals surface area contributed by atoms with Gasteiger partial charge in [0.1, 0.15) is 12.2 Å². The van der Waals surface area contributed by atoms with Gasteiger partial charge < -0.3 is 14.4 Å². The maximum absolute atomic E-state index is 13.4. The quantitative estimate of drug-likeness (QED) is 0.603. The van der Waals surface area contributed by atoms with Crippen molar-refractivity contribution < 1.29 is 28.1 Å². The molecular weight excluding hydrogens is 250 g/mol. The smallest absolute Gasteiger partial charge is 0.283 e. The van der Waals surface area contributed by atoms with Crippen molar-refractivity contribution in [1.82, 2.24) is 0 Å². The van der Waals surface area contributed by atoms with Crippen molar-refractivity contribution in [3.63, 3.8) is 0 Å². The van der Waals surface area contributed by atoms with Crippen molar-refractivity contribution in [2.45, 2.75) is 38.3 Å². The summed E-state index contributed by atoms with van der Waals surface area (Å²) < 4.78 is 34.9. The summed E-state index contributed by atoms with van der Waals surface area (Å²) >= 11 is 0. The summed E-state index contributed by atoms with van der Waals surface area (Å²) in [5, 5.41) is 0. The number of alkyl halides is 1. The normalized spacial score (nSPS) is 33.1. The molecule has 1 heterocycles. The zero-order valence-corrected chi connectivity index (χ0v) is 10.5. The molecule has 0 aromatic carbocycles. The third-order valence-corrected chi connectivity index (χ3v) is 3.10. The standard InChI is InChI=1S/C10H16FO5P/c1-7(2)16-10-8(11)5-15-9(10)3-4-17(13,14)6-12/h3-4,6-10H,5H2,1-2H3,(H,13,14)/b4-3+/t8-,9+,10-/m0/s1. The number of hydrogen-bond acceptors (Lipinski definition) is 4. The van der Waals surface area contributed by atoms with E-state index in [0.29, 0.717) is 0 Å². The van der Waals surface area contributed by atoms with Crippen LogP contribution in [-0.4, -0.2) is 42.0 Å². The second kappa shape index (κ2) is 5.87. The van der Waals surface area contributed by atoms with E-state index in [9.17, 15) is 13.8 Å². The highest BCUT2D eigenvalue weighted by Crippen LogP contribution is 2.38. The first-order valence-corrected chi connectivity index (χ1v) is 7.04. The van der Waals surface area contributed by atoms with E-state index in [-0.39, 0.29) is 18.7 Å². The molecule has 17 heavy (non-hydrogen) atoms. The Kier molecular flexibility index (Phi) is 5.01. The summed E-state index contributed by atoms with van der Waals surface area (Å²) in [4.78, 5) is 19.3. The van der Waals surface area contributed by atoms with E-state index in [1.54, 1.807) is 13.8 Å². The van der Waals surface area contributed by atoms with Gasteiger partial charge in [-0.15, -0.1) is 0 Å². The van der Waals surface area contributed by atoms with E-state index in [0.717, 1.165) is 5.82 Å². The Morgan fingerprint density at radius 1 is 1.59 bits per heavy atom. The Hall–Kier alpha value is -0.550. The summed E-state index contributed by atoms with van der Waals surface area (Å²) in [7, 11) is -3.93. The zero-order chi connectivity index (χ0) is 13.1. The van der Waals surface area contributed by atoms with Crippen molar-refractivity contribution >= 4 is 13.4 Å². The Morgan fingerprint density at radius 2 is 2.24 bits per heavy atom. The molecule has 1 aliphatic heterocycles. The van der Waals surface area contributed by atoms with Gasteiger partial charge in [0.2, 0.25) is 6.03 Å². The SMILES string of the molecule is CC(C)O[C@H]1[C@@H](F)CO[C@@H]1/C=C/P(=O)(O)C=O. The molecule has 7 heteroatoms. The molecule has 1 unspecified atom stereocenters. The molecule has 1 fully saturated rings. The number of carbonyl (C=O) groups excluding carboxylic acids is 1. The van der Waals surface area contributed by atoms with Crippen LogP contribution in [0.5, 0.6) is 0 Å². The highest BCUT2D eigenvalue weighted by molar-refractivity contribution is 7.75. The van der Waals surface area contributed by atoms with Crippen molar-refractivity contribution in [3.05, 3.63) is 11.9 Å². The minimum Gasteiger partial charge on any atom is -0.369 e. The Morgan fingerprint density at radius 3 is 2.76 bits per heavy atom. The fourth-order valence-electron chi connectivity index (χ4n) is 1.48. The molecule has 98 valence electrons. The van der Waals surface area contributed by atoms with E-state index in [1.807, 2.05) is 0 Å². The minimum absolute atomic E-state index is 0.0380. The molecule has 0 spiro atoms. The summed E-state index contributed by atoms with van der Waals surface area (Å²) in [5.74, 6) is 0.847. The van der Waals surface area contributed by atoms with Gasteiger partial charge in [0.15, 0.2) is 6.17 Å². The molecule has 0 aromatic heterocycles. The number of ether oxygens (including phenoxy) is 2. The summed E-state index contributed by atoms with van der Waals surface area (Å²) in [6, 6.07) is -0.0380. The molecule has 0 radical (unpaired) electrons. The first-order chi connectivity index (χ1) is 7.85. The fraction of sp³-hybridized carbons (Fsp3) is 0.700. The molecule has 0 amide bonds. The van der Waals surface area contributed by atoms with Gasteiger partial charge in [0, 0.05) is 5.82 Å². The average Bonchev–Trinajstić information content (AvgIpc) is 2.57. The van der Waals surface area contributed by atoms with Crippen LogP contribution in [0.25, 0.3) is 0 Å². The van der Waals surface area contributed by atoms with Crippen LogP contribution in [0.4, 0.5) is 4.39 Å². The van der Waals surface area contributed by atoms with E-state index in [2.05, 4.69) is 0 Å². The monoisotopic (exact) mass is 266 g/mol. The first-order valence-electron chi connectivity index (χ1n) is 5.24.